The van der Waals surface area contributed by atoms with Crippen molar-refractivity contribution in [3.8, 4) is 0 Å². The van der Waals surface area contributed by atoms with Gasteiger partial charge in [0.15, 0.2) is 0 Å². The Labute approximate surface area is 53.7 Å². The van der Waals surface area contributed by atoms with Gasteiger partial charge in [-0.1, -0.05) is 13.8 Å². The minimum atomic E-state index is 0.104. The van der Waals surface area contributed by atoms with E-state index in [1.165, 1.54) is 12.6 Å². The lowest BCUT2D eigenvalue weighted by atomic mass is 10.2. The first-order valence-corrected chi connectivity index (χ1v) is 5.34. The van der Waals surface area contributed by atoms with Gasteiger partial charge < -0.3 is 0 Å². The fraction of sp³-hybridized carbons (Fsp3) is 0.857. The molecule has 0 nitrogen and oxygen atoms in total. The number of hydrogen-bond donors (Lipinski definition) is 0. The summed E-state index contributed by atoms with van der Waals surface area (Å²) in [6.07, 6.45) is 6.64. The summed E-state index contributed by atoms with van der Waals surface area (Å²) in [5.74, 6) is 0.892. The van der Waals surface area contributed by atoms with Crippen molar-refractivity contribution in [2.24, 2.45) is 5.92 Å². The Morgan fingerprint density at radius 1 is 1.62 bits per heavy atom. The molecular formula is C7H16P+. The Morgan fingerprint density at radius 2 is 2.12 bits per heavy atom. The third-order valence-corrected chi connectivity index (χ3v) is 2.57. The van der Waals surface area contributed by atoms with Crippen molar-refractivity contribution in [1.82, 2.24) is 0 Å². The summed E-state index contributed by atoms with van der Waals surface area (Å²) in [7, 11) is 0.104. The zero-order valence-electron chi connectivity index (χ0n) is 6.15. The van der Waals surface area contributed by atoms with E-state index in [1.54, 1.807) is 0 Å². The van der Waals surface area contributed by atoms with Crippen LogP contribution >= 0.6 is 7.55 Å². The highest BCUT2D eigenvalue weighted by Gasteiger charge is 2.03. The average Bonchev–Trinajstić information content (AvgIpc) is 1.65. The van der Waals surface area contributed by atoms with Crippen molar-refractivity contribution in [2.75, 3.05) is 12.8 Å². The summed E-state index contributed by atoms with van der Waals surface area (Å²) < 4.78 is 0. The summed E-state index contributed by atoms with van der Waals surface area (Å²) in [5.41, 5.74) is 0. The van der Waals surface area contributed by atoms with E-state index in [-0.39, 0.29) is 7.55 Å². The number of rotatable bonds is 3. The summed E-state index contributed by atoms with van der Waals surface area (Å²) in [6.45, 7) is 6.77. The largest absolute Gasteiger partial charge is 0.108 e. The monoisotopic (exact) mass is 131 g/mol. The van der Waals surface area contributed by atoms with Crippen LogP contribution in [0.5, 0.6) is 0 Å². The van der Waals surface area contributed by atoms with Gasteiger partial charge in [0.25, 0.3) is 0 Å². The Morgan fingerprint density at radius 3 is 2.25 bits per heavy atom. The van der Waals surface area contributed by atoms with Gasteiger partial charge in [-0.05, 0) is 12.3 Å². The second kappa shape index (κ2) is 4.09. The number of hydrogen-bond acceptors (Lipinski definition) is 0. The van der Waals surface area contributed by atoms with Crippen LogP contribution in [0.15, 0.2) is 0 Å². The molecule has 0 spiro atoms. The third kappa shape index (κ3) is 4.33. The van der Waals surface area contributed by atoms with E-state index in [0.717, 1.165) is 5.92 Å². The van der Waals surface area contributed by atoms with Crippen LogP contribution in [0, 0.1) is 5.92 Å². The summed E-state index contributed by atoms with van der Waals surface area (Å²) in [5, 5.41) is 0. The minimum Gasteiger partial charge on any atom is -0.0650 e. The van der Waals surface area contributed by atoms with Crippen molar-refractivity contribution in [3.05, 3.63) is 0 Å². The highest BCUT2D eigenvalue weighted by molar-refractivity contribution is 7.54. The van der Waals surface area contributed by atoms with E-state index >= 15 is 0 Å². The van der Waals surface area contributed by atoms with Crippen molar-refractivity contribution in [3.63, 3.8) is 0 Å². The molecule has 0 fully saturated rings. The maximum absolute atomic E-state index is 3.99. The Hall–Kier alpha value is 0.170. The lowest BCUT2D eigenvalue weighted by molar-refractivity contribution is 0.635. The van der Waals surface area contributed by atoms with Gasteiger partial charge in [-0.25, -0.2) is 0 Å². The molecule has 0 aliphatic carbocycles. The summed E-state index contributed by atoms with van der Waals surface area (Å²) >= 11 is 0. The molecule has 0 bridgehead atoms. The fourth-order valence-electron chi connectivity index (χ4n) is 0.661. The Kier molecular flexibility index (Phi) is 4.18. The molecule has 1 heteroatoms. The van der Waals surface area contributed by atoms with Crippen molar-refractivity contribution < 1.29 is 0 Å². The van der Waals surface area contributed by atoms with Gasteiger partial charge in [0.2, 0.25) is 0 Å². The topological polar surface area (TPSA) is 0 Å². The van der Waals surface area contributed by atoms with Crippen molar-refractivity contribution >= 4 is 13.8 Å². The molecule has 0 aromatic carbocycles. The molecule has 0 heterocycles. The second-order valence-corrected chi connectivity index (χ2v) is 4.63. The molecule has 2 atom stereocenters. The summed E-state index contributed by atoms with van der Waals surface area (Å²) in [4.78, 5) is 0. The molecule has 0 aromatic heterocycles. The van der Waals surface area contributed by atoms with Gasteiger partial charge in [0.05, 0.1) is 20.5 Å². The first-order chi connectivity index (χ1) is 3.66. The van der Waals surface area contributed by atoms with E-state index in [9.17, 15) is 0 Å². The van der Waals surface area contributed by atoms with E-state index in [2.05, 4.69) is 26.8 Å². The smallest absolute Gasteiger partial charge is 0.0650 e. The highest BCUT2D eigenvalue weighted by atomic mass is 31.1. The predicted molar refractivity (Wildman–Crippen MR) is 44.3 cm³/mol. The molecule has 0 rings (SSSR count). The van der Waals surface area contributed by atoms with Gasteiger partial charge in [0.1, 0.15) is 6.16 Å². The first kappa shape index (κ1) is 8.17. The SMILES string of the molecule is C=[P+](C)CC(C)CC. The molecule has 0 amide bonds. The fourth-order valence-corrected chi connectivity index (χ4v) is 1.98. The molecule has 0 radical (unpaired) electrons. The standard InChI is InChI=1S/C7H16P/c1-5-7(2)6-8(3)4/h7H,3,5-6H2,1-2,4H3/q+1. The predicted octanol–water partition coefficient (Wildman–Crippen LogP) is 2.58. The molecule has 8 heavy (non-hydrogen) atoms. The molecule has 48 valence electrons. The average molecular weight is 131 g/mol. The zero-order valence-corrected chi connectivity index (χ0v) is 7.04. The molecule has 0 aliphatic rings. The van der Waals surface area contributed by atoms with Crippen LogP contribution in [-0.2, 0) is 0 Å². The van der Waals surface area contributed by atoms with E-state index in [0.29, 0.717) is 0 Å². The first-order valence-electron chi connectivity index (χ1n) is 3.18. The van der Waals surface area contributed by atoms with E-state index in [4.69, 9.17) is 0 Å². The normalized spacial score (nSPS) is 15.6. The van der Waals surface area contributed by atoms with E-state index < -0.39 is 0 Å². The molecule has 0 N–H and O–H groups in total. The van der Waals surface area contributed by atoms with Gasteiger partial charge in [0, 0.05) is 0 Å². The lowest BCUT2D eigenvalue weighted by Crippen LogP contribution is -1.93. The molecule has 0 saturated carbocycles. The molecule has 0 aromatic rings. The van der Waals surface area contributed by atoms with Crippen molar-refractivity contribution in [1.29, 1.82) is 0 Å². The van der Waals surface area contributed by atoms with Crippen LogP contribution in [0.3, 0.4) is 0 Å². The van der Waals surface area contributed by atoms with Crippen LogP contribution in [-0.4, -0.2) is 19.1 Å². The van der Waals surface area contributed by atoms with Crippen LogP contribution < -0.4 is 0 Å². The molecule has 0 aliphatic heterocycles. The third-order valence-electron chi connectivity index (χ3n) is 1.32. The van der Waals surface area contributed by atoms with Crippen LogP contribution in [0.2, 0.25) is 0 Å². The van der Waals surface area contributed by atoms with E-state index in [1.807, 2.05) is 0 Å². The maximum atomic E-state index is 3.99. The minimum absolute atomic E-state index is 0.104. The Bertz CT molecular complexity index is 76.5. The lowest BCUT2D eigenvalue weighted by Gasteiger charge is -1.98. The van der Waals surface area contributed by atoms with Crippen molar-refractivity contribution in [2.45, 2.75) is 20.3 Å². The van der Waals surface area contributed by atoms with Gasteiger partial charge >= 0.3 is 0 Å². The van der Waals surface area contributed by atoms with Crippen LogP contribution in [0.1, 0.15) is 20.3 Å². The molecular weight excluding hydrogens is 115 g/mol. The van der Waals surface area contributed by atoms with Gasteiger partial charge in [-0.3, -0.25) is 0 Å². The highest BCUT2D eigenvalue weighted by Crippen LogP contribution is 2.19. The van der Waals surface area contributed by atoms with Crippen LogP contribution in [0.4, 0.5) is 0 Å². The zero-order chi connectivity index (χ0) is 6.57. The second-order valence-electron chi connectivity index (χ2n) is 2.55. The molecule has 0 saturated heterocycles. The Balaban J connectivity index is 3.24. The summed E-state index contributed by atoms with van der Waals surface area (Å²) in [6, 6.07) is 0. The molecule has 2 unspecified atom stereocenters. The maximum Gasteiger partial charge on any atom is 0.108 e. The quantitative estimate of drug-likeness (QED) is 0.516. The van der Waals surface area contributed by atoms with Gasteiger partial charge in [-0.15, -0.1) is 0 Å². The van der Waals surface area contributed by atoms with Crippen LogP contribution in [0.25, 0.3) is 0 Å². The van der Waals surface area contributed by atoms with Gasteiger partial charge in [-0.2, -0.15) is 0 Å².